The molecule has 1 rings (SSSR count). The third kappa shape index (κ3) is 2.50. The molecule has 2 heteroatoms. The Morgan fingerprint density at radius 3 is 2.36 bits per heavy atom. The number of rotatable bonds is 1. The molecule has 0 saturated heterocycles. The van der Waals surface area contributed by atoms with Crippen LogP contribution in [0.15, 0.2) is 24.3 Å². The summed E-state index contributed by atoms with van der Waals surface area (Å²) in [6.45, 7) is 3.56. The normalized spacial score (nSPS) is 8.55. The molecule has 0 radical (unpaired) electrons. The molecule has 1 nitrogen and oxygen atoms in total. The fourth-order valence-corrected chi connectivity index (χ4v) is 0.864. The predicted octanol–water partition coefficient (Wildman–Crippen LogP) is 2.35. The van der Waals surface area contributed by atoms with E-state index in [9.17, 15) is 4.79 Å². The number of hydrogen-bond acceptors (Lipinski definition) is 1. The third-order valence-corrected chi connectivity index (χ3v) is 1.42. The molecule has 0 aliphatic heterocycles. The Balaban J connectivity index is 0.000001000. The second-order valence-electron chi connectivity index (χ2n) is 2.43. The van der Waals surface area contributed by atoms with Crippen molar-refractivity contribution in [3.63, 3.8) is 0 Å². The van der Waals surface area contributed by atoms with Crippen LogP contribution in [0.1, 0.15) is 22.8 Å². The second kappa shape index (κ2) is 3.86. The molecule has 11 heavy (non-hydrogen) atoms. The van der Waals surface area contributed by atoms with E-state index in [4.69, 9.17) is 0 Å². The summed E-state index contributed by atoms with van der Waals surface area (Å²) in [6, 6.07) is 7.59. The van der Waals surface area contributed by atoms with Crippen LogP contribution in [-0.2, 0) is 0 Å². The molecule has 0 unspecified atom stereocenters. The molecule has 1 aromatic rings. The molecule has 0 N–H and O–H groups in total. The fraction of sp³-hybridized carbons (Fsp3) is 0.222. The number of Topliss-reactive ketones (excluding diaryl/α,β-unsaturated/α-hetero) is 1. The van der Waals surface area contributed by atoms with Crippen LogP contribution in [0.2, 0.25) is 0 Å². The summed E-state index contributed by atoms with van der Waals surface area (Å²) in [4.78, 5) is 10.8. The molecule has 0 heterocycles. The van der Waals surface area contributed by atoms with Crippen molar-refractivity contribution in [2.45, 2.75) is 13.8 Å². The van der Waals surface area contributed by atoms with Gasteiger partial charge in [-0.1, -0.05) is 23.8 Å². The highest BCUT2D eigenvalue weighted by Crippen LogP contribution is 2.03. The molecule has 60 valence electrons. The molecular weight excluding hydrogens is 143 g/mol. The number of aryl methyl sites for hydroxylation is 1. The van der Waals surface area contributed by atoms with Gasteiger partial charge in [0.15, 0.2) is 5.78 Å². The standard InChI is InChI=1S/C9H10O.FH/c1-7-4-3-5-9(6-7)8(2)10;/h3-6H,1-2H3;1H. The Labute approximate surface area is 65.4 Å². The highest BCUT2D eigenvalue weighted by atomic mass is 19.0. The van der Waals surface area contributed by atoms with Gasteiger partial charge in [-0.25, -0.2) is 0 Å². The van der Waals surface area contributed by atoms with Crippen LogP contribution in [0, 0.1) is 6.92 Å². The summed E-state index contributed by atoms with van der Waals surface area (Å²) in [5, 5.41) is 0. The highest BCUT2D eigenvalue weighted by molar-refractivity contribution is 5.94. The van der Waals surface area contributed by atoms with Gasteiger partial charge in [-0.15, -0.1) is 0 Å². The van der Waals surface area contributed by atoms with E-state index < -0.39 is 0 Å². The van der Waals surface area contributed by atoms with Crippen molar-refractivity contribution in [1.29, 1.82) is 0 Å². The van der Waals surface area contributed by atoms with Crippen molar-refractivity contribution in [3.8, 4) is 0 Å². The van der Waals surface area contributed by atoms with E-state index in [0.29, 0.717) is 0 Å². The lowest BCUT2D eigenvalue weighted by atomic mass is 10.1. The number of halogens is 1. The van der Waals surface area contributed by atoms with Gasteiger partial charge in [0.25, 0.3) is 0 Å². The molecule has 0 aliphatic rings. The first-order chi connectivity index (χ1) is 4.70. The molecule has 0 amide bonds. The van der Waals surface area contributed by atoms with Gasteiger partial charge in [-0.2, -0.15) is 0 Å². The average Bonchev–Trinajstić information content (AvgIpc) is 1.88. The van der Waals surface area contributed by atoms with E-state index in [-0.39, 0.29) is 10.5 Å². The van der Waals surface area contributed by atoms with Gasteiger partial charge < -0.3 is 0 Å². The van der Waals surface area contributed by atoms with Crippen molar-refractivity contribution in [2.24, 2.45) is 0 Å². The topological polar surface area (TPSA) is 17.1 Å². The smallest absolute Gasteiger partial charge is 0.159 e. The summed E-state index contributed by atoms with van der Waals surface area (Å²) >= 11 is 0. The Morgan fingerprint density at radius 2 is 2.00 bits per heavy atom. The maximum absolute atomic E-state index is 10.8. The van der Waals surface area contributed by atoms with Crippen LogP contribution in [0.4, 0.5) is 4.70 Å². The predicted molar refractivity (Wildman–Crippen MR) is 43.7 cm³/mol. The molecular formula is C9H11FO. The number of ketones is 1. The van der Waals surface area contributed by atoms with Gasteiger partial charge >= 0.3 is 0 Å². The van der Waals surface area contributed by atoms with Gasteiger partial charge in [0.2, 0.25) is 0 Å². The van der Waals surface area contributed by atoms with Gasteiger partial charge in [-0.3, -0.25) is 9.50 Å². The number of hydrogen-bond donors (Lipinski definition) is 0. The first-order valence-corrected chi connectivity index (χ1v) is 3.28. The molecule has 0 aromatic heterocycles. The van der Waals surface area contributed by atoms with E-state index in [2.05, 4.69) is 0 Å². The Hall–Kier alpha value is -1.18. The molecule has 0 spiro atoms. The van der Waals surface area contributed by atoms with Crippen molar-refractivity contribution in [3.05, 3.63) is 35.4 Å². The van der Waals surface area contributed by atoms with Crippen molar-refractivity contribution < 1.29 is 9.50 Å². The van der Waals surface area contributed by atoms with Crippen LogP contribution < -0.4 is 0 Å². The highest BCUT2D eigenvalue weighted by Gasteiger charge is 1.95. The van der Waals surface area contributed by atoms with Gasteiger partial charge in [0.1, 0.15) is 0 Å². The monoisotopic (exact) mass is 154 g/mol. The van der Waals surface area contributed by atoms with Crippen LogP contribution in [0.5, 0.6) is 0 Å². The lowest BCUT2D eigenvalue weighted by Crippen LogP contribution is -1.90. The maximum Gasteiger partial charge on any atom is 0.159 e. The molecule has 0 fully saturated rings. The Morgan fingerprint density at radius 1 is 1.36 bits per heavy atom. The minimum absolute atomic E-state index is 0. The van der Waals surface area contributed by atoms with Gasteiger partial charge in [-0.05, 0) is 19.9 Å². The zero-order chi connectivity index (χ0) is 7.56. The lowest BCUT2D eigenvalue weighted by molar-refractivity contribution is 0.101. The Kier molecular flexibility index (Phi) is 3.45. The quantitative estimate of drug-likeness (QED) is 0.567. The second-order valence-corrected chi connectivity index (χ2v) is 2.43. The number of carbonyl (C=O) groups excluding carboxylic acids is 1. The largest absolute Gasteiger partial charge is 0.295 e. The summed E-state index contributed by atoms with van der Waals surface area (Å²) in [7, 11) is 0. The average molecular weight is 154 g/mol. The van der Waals surface area contributed by atoms with E-state index >= 15 is 0 Å². The first-order valence-electron chi connectivity index (χ1n) is 3.28. The first kappa shape index (κ1) is 9.82. The summed E-state index contributed by atoms with van der Waals surface area (Å²) < 4.78 is 0. The maximum atomic E-state index is 10.8. The molecule has 0 atom stereocenters. The van der Waals surface area contributed by atoms with Crippen LogP contribution >= 0.6 is 0 Å². The number of carbonyl (C=O) groups is 1. The van der Waals surface area contributed by atoms with Gasteiger partial charge in [0, 0.05) is 5.56 Å². The van der Waals surface area contributed by atoms with Gasteiger partial charge in [0.05, 0.1) is 0 Å². The minimum atomic E-state index is 0. The van der Waals surface area contributed by atoms with Crippen molar-refractivity contribution >= 4 is 5.78 Å². The minimum Gasteiger partial charge on any atom is -0.295 e. The van der Waals surface area contributed by atoms with Crippen molar-refractivity contribution in [2.75, 3.05) is 0 Å². The zero-order valence-electron chi connectivity index (χ0n) is 6.63. The molecule has 0 saturated carbocycles. The van der Waals surface area contributed by atoms with Crippen molar-refractivity contribution in [1.82, 2.24) is 0 Å². The SMILES string of the molecule is CC(=O)c1cccc(C)c1.F. The van der Waals surface area contributed by atoms with E-state index in [1.165, 1.54) is 0 Å². The number of benzene rings is 1. The fourth-order valence-electron chi connectivity index (χ4n) is 0.864. The van der Waals surface area contributed by atoms with Crippen LogP contribution in [0.25, 0.3) is 0 Å². The Bertz CT molecular complexity index is 255. The van der Waals surface area contributed by atoms with Crippen LogP contribution in [0.3, 0.4) is 0 Å². The molecule has 0 bridgehead atoms. The van der Waals surface area contributed by atoms with E-state index in [1.54, 1.807) is 6.92 Å². The summed E-state index contributed by atoms with van der Waals surface area (Å²) in [5.74, 6) is 0.128. The third-order valence-electron chi connectivity index (χ3n) is 1.42. The molecule has 1 aromatic carbocycles. The summed E-state index contributed by atoms with van der Waals surface area (Å²) in [6.07, 6.45) is 0. The summed E-state index contributed by atoms with van der Waals surface area (Å²) in [5.41, 5.74) is 1.92. The van der Waals surface area contributed by atoms with Crippen LogP contribution in [-0.4, -0.2) is 5.78 Å². The van der Waals surface area contributed by atoms with E-state index in [1.807, 2.05) is 31.2 Å². The lowest BCUT2D eigenvalue weighted by Gasteiger charge is -1.94. The van der Waals surface area contributed by atoms with E-state index in [0.717, 1.165) is 11.1 Å². The molecule has 0 aliphatic carbocycles. The zero-order valence-corrected chi connectivity index (χ0v) is 6.63.